The van der Waals surface area contributed by atoms with Crippen molar-refractivity contribution in [1.29, 1.82) is 0 Å². The highest BCUT2D eigenvalue weighted by molar-refractivity contribution is 6.31. The van der Waals surface area contributed by atoms with E-state index < -0.39 is 0 Å². The number of rotatable bonds is 4. The Balaban J connectivity index is 1.44. The van der Waals surface area contributed by atoms with Crippen molar-refractivity contribution < 1.29 is 9.32 Å². The zero-order valence-corrected chi connectivity index (χ0v) is 17.7. The Labute approximate surface area is 183 Å². The lowest BCUT2D eigenvalue weighted by Crippen LogP contribution is -2.45. The van der Waals surface area contributed by atoms with Gasteiger partial charge < -0.3 is 9.42 Å². The Morgan fingerprint density at radius 3 is 2.71 bits per heavy atom. The van der Waals surface area contributed by atoms with Crippen LogP contribution in [0, 0.1) is 13.8 Å². The van der Waals surface area contributed by atoms with Crippen LogP contribution in [0.15, 0.2) is 53.3 Å². The summed E-state index contributed by atoms with van der Waals surface area (Å²) in [4.78, 5) is 21.1. The van der Waals surface area contributed by atoms with Crippen molar-refractivity contribution in [3.05, 3.63) is 76.4 Å². The van der Waals surface area contributed by atoms with Crippen LogP contribution in [0.25, 0.3) is 17.1 Å². The second-order valence-electron chi connectivity index (χ2n) is 7.51. The van der Waals surface area contributed by atoms with Crippen molar-refractivity contribution in [1.82, 2.24) is 30.0 Å². The first kappa shape index (κ1) is 19.4. The fourth-order valence-electron chi connectivity index (χ4n) is 3.70. The number of hydrogen-bond donors (Lipinski definition) is 0. The molecule has 5 rings (SSSR count). The molecule has 0 N–H and O–H groups in total. The van der Waals surface area contributed by atoms with E-state index in [2.05, 4.69) is 20.3 Å². The topological polar surface area (TPSA) is 89.9 Å². The summed E-state index contributed by atoms with van der Waals surface area (Å²) in [5.74, 6) is 0.758. The molecule has 8 nitrogen and oxygen atoms in total. The Bertz CT molecular complexity index is 1270. The molecule has 2 aromatic carbocycles. The van der Waals surface area contributed by atoms with Crippen LogP contribution in [-0.2, 0) is 0 Å². The third-order valence-electron chi connectivity index (χ3n) is 5.53. The Kier molecular flexibility index (Phi) is 4.78. The molecule has 31 heavy (non-hydrogen) atoms. The first-order valence-corrected chi connectivity index (χ1v) is 10.3. The SMILES string of the molecule is Cc1ccc(C(=O)N2CCC2c2nc(-c3cccc(Cl)c3C)no2)c(-n2nccn2)c1. The predicted molar refractivity (Wildman–Crippen MR) is 114 cm³/mol. The molecule has 1 aliphatic rings. The zero-order valence-electron chi connectivity index (χ0n) is 17.0. The van der Waals surface area contributed by atoms with Crippen molar-refractivity contribution in [3.8, 4) is 17.1 Å². The van der Waals surface area contributed by atoms with E-state index in [4.69, 9.17) is 16.1 Å². The van der Waals surface area contributed by atoms with Gasteiger partial charge in [0.15, 0.2) is 0 Å². The molecule has 1 saturated heterocycles. The van der Waals surface area contributed by atoms with Gasteiger partial charge in [-0.3, -0.25) is 4.79 Å². The number of nitrogens with zero attached hydrogens (tertiary/aromatic N) is 6. The molecule has 2 aromatic heterocycles. The summed E-state index contributed by atoms with van der Waals surface area (Å²) < 4.78 is 5.53. The largest absolute Gasteiger partial charge is 0.337 e. The van der Waals surface area contributed by atoms with E-state index in [1.165, 1.54) is 4.80 Å². The van der Waals surface area contributed by atoms with E-state index in [9.17, 15) is 4.79 Å². The maximum Gasteiger partial charge on any atom is 0.256 e. The summed E-state index contributed by atoms with van der Waals surface area (Å²) in [7, 11) is 0. The molecule has 0 radical (unpaired) electrons. The lowest BCUT2D eigenvalue weighted by molar-refractivity contribution is 0.0378. The van der Waals surface area contributed by atoms with Gasteiger partial charge >= 0.3 is 0 Å². The minimum absolute atomic E-state index is 0.123. The summed E-state index contributed by atoms with van der Waals surface area (Å²) in [5, 5.41) is 13.1. The molecule has 4 aromatic rings. The van der Waals surface area contributed by atoms with Gasteiger partial charge in [-0.1, -0.05) is 35.0 Å². The number of hydrogen-bond acceptors (Lipinski definition) is 6. The van der Waals surface area contributed by atoms with Crippen LogP contribution >= 0.6 is 11.6 Å². The van der Waals surface area contributed by atoms with Gasteiger partial charge in [-0.25, -0.2) is 0 Å². The molecular weight excluding hydrogens is 416 g/mol. The highest BCUT2D eigenvalue weighted by Gasteiger charge is 2.39. The standard InChI is InChI=1S/C22H19ClN6O2/c1-13-6-7-16(19(12-13)29-24-9-10-25-29)22(30)28-11-8-18(28)21-26-20(27-31-21)15-4-3-5-17(23)14(15)2/h3-7,9-10,12,18H,8,11H2,1-2H3. The van der Waals surface area contributed by atoms with Crippen molar-refractivity contribution in [3.63, 3.8) is 0 Å². The van der Waals surface area contributed by atoms with Crippen LogP contribution in [0.2, 0.25) is 5.02 Å². The monoisotopic (exact) mass is 434 g/mol. The summed E-state index contributed by atoms with van der Waals surface area (Å²) in [6, 6.07) is 10.9. The number of halogens is 1. The first-order valence-electron chi connectivity index (χ1n) is 9.90. The third-order valence-corrected chi connectivity index (χ3v) is 5.94. The van der Waals surface area contributed by atoms with E-state index in [-0.39, 0.29) is 11.9 Å². The Morgan fingerprint density at radius 2 is 1.97 bits per heavy atom. The summed E-state index contributed by atoms with van der Waals surface area (Å²) in [5.41, 5.74) is 3.88. The van der Waals surface area contributed by atoms with E-state index >= 15 is 0 Å². The van der Waals surface area contributed by atoms with Crippen molar-refractivity contribution in [2.45, 2.75) is 26.3 Å². The Morgan fingerprint density at radius 1 is 1.16 bits per heavy atom. The van der Waals surface area contributed by atoms with Gasteiger partial charge in [0.25, 0.3) is 5.91 Å². The molecule has 0 bridgehead atoms. The second-order valence-corrected chi connectivity index (χ2v) is 7.92. The fourth-order valence-corrected chi connectivity index (χ4v) is 3.87. The minimum atomic E-state index is -0.270. The predicted octanol–water partition coefficient (Wildman–Crippen LogP) is 4.17. The van der Waals surface area contributed by atoms with Crippen LogP contribution < -0.4 is 0 Å². The fraction of sp³-hybridized carbons (Fsp3) is 0.227. The molecule has 3 heterocycles. The van der Waals surface area contributed by atoms with Gasteiger partial charge in [0.05, 0.1) is 23.6 Å². The van der Waals surface area contributed by atoms with Gasteiger partial charge in [-0.15, -0.1) is 0 Å². The molecule has 9 heteroatoms. The number of benzene rings is 2. The van der Waals surface area contributed by atoms with Gasteiger partial charge in [-0.05, 0) is 49.6 Å². The molecule has 156 valence electrons. The molecule has 1 amide bonds. The number of aromatic nitrogens is 5. The lowest BCUT2D eigenvalue weighted by Gasteiger charge is -2.38. The summed E-state index contributed by atoms with van der Waals surface area (Å²) >= 11 is 6.22. The third kappa shape index (κ3) is 3.38. The molecule has 0 spiro atoms. The lowest BCUT2D eigenvalue weighted by atomic mass is 9.99. The molecule has 1 aliphatic heterocycles. The zero-order chi connectivity index (χ0) is 21.5. The van der Waals surface area contributed by atoms with E-state index in [1.807, 2.05) is 44.2 Å². The maximum atomic E-state index is 13.4. The average Bonchev–Trinajstić information content (AvgIpc) is 3.41. The smallest absolute Gasteiger partial charge is 0.256 e. The van der Waals surface area contributed by atoms with Crippen LogP contribution in [0.4, 0.5) is 0 Å². The average molecular weight is 435 g/mol. The molecular formula is C22H19ClN6O2. The van der Waals surface area contributed by atoms with Crippen molar-refractivity contribution >= 4 is 17.5 Å². The molecule has 1 atom stereocenters. The highest BCUT2D eigenvalue weighted by Crippen LogP contribution is 2.36. The summed E-state index contributed by atoms with van der Waals surface area (Å²) in [6.45, 7) is 4.48. The maximum absolute atomic E-state index is 13.4. The van der Waals surface area contributed by atoms with Crippen LogP contribution in [-0.4, -0.2) is 42.5 Å². The minimum Gasteiger partial charge on any atom is -0.337 e. The molecule has 0 saturated carbocycles. The van der Waals surface area contributed by atoms with Gasteiger partial charge in [0.2, 0.25) is 11.7 Å². The highest BCUT2D eigenvalue weighted by atomic mass is 35.5. The molecule has 1 fully saturated rings. The number of carbonyl (C=O) groups is 1. The van der Waals surface area contributed by atoms with Gasteiger partial charge in [0.1, 0.15) is 6.04 Å². The van der Waals surface area contributed by atoms with Crippen molar-refractivity contribution in [2.75, 3.05) is 6.54 Å². The van der Waals surface area contributed by atoms with Crippen molar-refractivity contribution in [2.24, 2.45) is 0 Å². The molecule has 0 aliphatic carbocycles. The van der Waals surface area contributed by atoms with Crippen LogP contribution in [0.5, 0.6) is 0 Å². The van der Waals surface area contributed by atoms with Gasteiger partial charge in [0, 0.05) is 17.1 Å². The van der Waals surface area contributed by atoms with Crippen LogP contribution in [0.1, 0.15) is 39.8 Å². The first-order chi connectivity index (χ1) is 15.0. The normalized spacial score (nSPS) is 15.7. The number of aryl methyl sites for hydroxylation is 1. The van der Waals surface area contributed by atoms with E-state index in [0.29, 0.717) is 34.5 Å². The number of carbonyl (C=O) groups excluding carboxylic acids is 1. The van der Waals surface area contributed by atoms with Crippen LogP contribution in [0.3, 0.4) is 0 Å². The number of amides is 1. The van der Waals surface area contributed by atoms with E-state index in [0.717, 1.165) is 23.1 Å². The van der Waals surface area contributed by atoms with E-state index in [1.54, 1.807) is 23.4 Å². The summed E-state index contributed by atoms with van der Waals surface area (Å²) in [6.07, 6.45) is 3.92. The quantitative estimate of drug-likeness (QED) is 0.478. The Hall–Kier alpha value is -3.52. The van der Waals surface area contributed by atoms with Gasteiger partial charge in [-0.2, -0.15) is 20.0 Å². The second kappa shape index (κ2) is 7.63. The number of likely N-dealkylation sites (tertiary alicyclic amines) is 1. The molecule has 1 unspecified atom stereocenters.